The van der Waals surface area contributed by atoms with Crippen molar-refractivity contribution in [2.45, 2.75) is 13.3 Å². The maximum absolute atomic E-state index is 12.8. The van der Waals surface area contributed by atoms with Gasteiger partial charge in [-0.15, -0.1) is 0 Å². The molecule has 4 aromatic rings. The average Bonchev–Trinajstić information content (AvgIpc) is 2.76. The highest BCUT2D eigenvalue weighted by Crippen LogP contribution is 2.22. The van der Waals surface area contributed by atoms with E-state index >= 15 is 0 Å². The average molecular weight is 394 g/mol. The van der Waals surface area contributed by atoms with E-state index in [0.717, 1.165) is 27.6 Å². The second-order valence-electron chi connectivity index (χ2n) is 7.18. The molecule has 0 aliphatic heterocycles. The third-order valence-corrected chi connectivity index (χ3v) is 5.07. The first kappa shape index (κ1) is 19.4. The van der Waals surface area contributed by atoms with Crippen LogP contribution >= 0.6 is 0 Å². The molecule has 4 heteroatoms. The summed E-state index contributed by atoms with van der Waals surface area (Å²) in [6.45, 7) is 1.94. The van der Waals surface area contributed by atoms with Crippen molar-refractivity contribution in [1.82, 2.24) is 0 Å². The summed E-state index contributed by atoms with van der Waals surface area (Å²) in [5, 5.41) is 7.98. The molecule has 0 saturated carbocycles. The van der Waals surface area contributed by atoms with E-state index in [2.05, 4.69) is 10.6 Å². The number of para-hydroxylation sites is 2. The first-order chi connectivity index (χ1) is 14.6. The molecule has 0 radical (unpaired) electrons. The van der Waals surface area contributed by atoms with Gasteiger partial charge in [0.1, 0.15) is 0 Å². The Morgan fingerprint density at radius 3 is 2.20 bits per heavy atom. The number of fused-ring (bicyclic) bond motifs is 1. The molecule has 0 spiro atoms. The lowest BCUT2D eigenvalue weighted by atomic mass is 10.0. The van der Waals surface area contributed by atoms with Gasteiger partial charge in [-0.2, -0.15) is 0 Å². The molecule has 30 heavy (non-hydrogen) atoms. The molecule has 0 aliphatic carbocycles. The van der Waals surface area contributed by atoms with Crippen molar-refractivity contribution in [3.05, 3.63) is 108 Å². The zero-order valence-electron chi connectivity index (χ0n) is 16.7. The number of benzene rings is 4. The van der Waals surface area contributed by atoms with Gasteiger partial charge in [0.25, 0.3) is 5.91 Å². The maximum atomic E-state index is 12.8. The Hall–Kier alpha value is -3.92. The van der Waals surface area contributed by atoms with E-state index in [0.29, 0.717) is 11.3 Å². The van der Waals surface area contributed by atoms with Crippen LogP contribution in [-0.4, -0.2) is 11.8 Å². The van der Waals surface area contributed by atoms with Crippen molar-refractivity contribution in [1.29, 1.82) is 0 Å². The Balaban J connectivity index is 1.53. The summed E-state index contributed by atoms with van der Waals surface area (Å²) < 4.78 is 0. The van der Waals surface area contributed by atoms with Crippen LogP contribution in [0.15, 0.2) is 91.0 Å². The third-order valence-electron chi connectivity index (χ3n) is 5.07. The van der Waals surface area contributed by atoms with Gasteiger partial charge >= 0.3 is 0 Å². The zero-order valence-corrected chi connectivity index (χ0v) is 16.7. The summed E-state index contributed by atoms with van der Waals surface area (Å²) in [4.78, 5) is 25.6. The molecule has 0 aliphatic rings. The van der Waals surface area contributed by atoms with Crippen molar-refractivity contribution < 1.29 is 9.59 Å². The van der Waals surface area contributed by atoms with Gasteiger partial charge in [-0.3, -0.25) is 9.59 Å². The van der Waals surface area contributed by atoms with Gasteiger partial charge in [0, 0.05) is 5.69 Å². The minimum Gasteiger partial charge on any atom is -0.325 e. The lowest BCUT2D eigenvalue weighted by molar-refractivity contribution is -0.115. The zero-order chi connectivity index (χ0) is 20.9. The van der Waals surface area contributed by atoms with Crippen LogP contribution in [0.5, 0.6) is 0 Å². The number of rotatable bonds is 5. The Bertz CT molecular complexity index is 1230. The molecule has 2 amide bonds. The highest BCUT2D eigenvalue weighted by Gasteiger charge is 2.15. The lowest BCUT2D eigenvalue weighted by Crippen LogP contribution is -2.19. The number of nitrogens with one attached hydrogen (secondary N) is 2. The number of carbonyl (C=O) groups excluding carboxylic acids is 2. The quantitative estimate of drug-likeness (QED) is 0.464. The predicted molar refractivity (Wildman–Crippen MR) is 122 cm³/mol. The summed E-state index contributed by atoms with van der Waals surface area (Å²) in [6.07, 6.45) is 0.231. The summed E-state index contributed by atoms with van der Waals surface area (Å²) in [5.74, 6) is -0.423. The van der Waals surface area contributed by atoms with E-state index in [9.17, 15) is 9.59 Å². The monoisotopic (exact) mass is 394 g/mol. The normalized spacial score (nSPS) is 10.6. The van der Waals surface area contributed by atoms with Crippen molar-refractivity contribution >= 4 is 34.0 Å². The predicted octanol–water partition coefficient (Wildman–Crippen LogP) is 5.58. The Morgan fingerprint density at radius 2 is 1.37 bits per heavy atom. The molecule has 0 unspecified atom stereocenters. The van der Waals surface area contributed by atoms with Gasteiger partial charge in [0.15, 0.2) is 0 Å². The van der Waals surface area contributed by atoms with Gasteiger partial charge in [-0.25, -0.2) is 0 Å². The van der Waals surface area contributed by atoms with Crippen molar-refractivity contribution in [3.8, 4) is 0 Å². The van der Waals surface area contributed by atoms with Gasteiger partial charge in [-0.05, 0) is 47.0 Å². The standard InChI is InChI=1S/C26H22N2O2/c1-18-9-2-6-15-23(18)28-26(30)22-14-5-7-16-24(22)27-25(29)17-20-12-8-11-19-10-3-4-13-21(19)20/h2-16H,17H2,1H3,(H,27,29)(H,28,30). The van der Waals surface area contributed by atoms with Crippen LogP contribution in [0.2, 0.25) is 0 Å². The Kier molecular flexibility index (Phi) is 5.57. The second kappa shape index (κ2) is 8.62. The van der Waals surface area contributed by atoms with E-state index in [1.165, 1.54) is 0 Å². The highest BCUT2D eigenvalue weighted by atomic mass is 16.2. The number of hydrogen-bond acceptors (Lipinski definition) is 2. The second-order valence-corrected chi connectivity index (χ2v) is 7.18. The topological polar surface area (TPSA) is 58.2 Å². The molecule has 0 atom stereocenters. The lowest BCUT2D eigenvalue weighted by Gasteiger charge is -2.13. The van der Waals surface area contributed by atoms with Crippen molar-refractivity contribution in [2.75, 3.05) is 10.6 Å². The van der Waals surface area contributed by atoms with Gasteiger partial charge < -0.3 is 10.6 Å². The third kappa shape index (κ3) is 4.23. The molecule has 4 aromatic carbocycles. The number of anilines is 2. The molecule has 0 saturated heterocycles. The minimum absolute atomic E-state index is 0.164. The van der Waals surface area contributed by atoms with Crippen LogP contribution in [-0.2, 0) is 11.2 Å². The summed E-state index contributed by atoms with van der Waals surface area (Å²) in [7, 11) is 0. The molecule has 0 bridgehead atoms. The number of amides is 2. The Morgan fingerprint density at radius 1 is 0.700 bits per heavy atom. The van der Waals surface area contributed by atoms with E-state index in [1.54, 1.807) is 24.3 Å². The molecular weight excluding hydrogens is 372 g/mol. The van der Waals surface area contributed by atoms with E-state index < -0.39 is 0 Å². The fraction of sp³-hybridized carbons (Fsp3) is 0.0769. The number of carbonyl (C=O) groups is 2. The molecule has 2 N–H and O–H groups in total. The molecule has 0 aromatic heterocycles. The molecule has 4 nitrogen and oxygen atoms in total. The number of hydrogen-bond donors (Lipinski definition) is 2. The minimum atomic E-state index is -0.259. The van der Waals surface area contributed by atoms with Crippen LogP contribution in [0, 0.1) is 6.92 Å². The first-order valence-electron chi connectivity index (χ1n) is 9.84. The summed E-state index contributed by atoms with van der Waals surface area (Å²) in [5.41, 5.74) is 3.59. The van der Waals surface area contributed by atoms with Gasteiger partial charge in [-0.1, -0.05) is 72.8 Å². The molecule has 4 rings (SSSR count). The smallest absolute Gasteiger partial charge is 0.257 e. The number of aryl methyl sites for hydroxylation is 1. The first-order valence-corrected chi connectivity index (χ1v) is 9.84. The summed E-state index contributed by atoms with van der Waals surface area (Å²) in [6, 6.07) is 28.6. The van der Waals surface area contributed by atoms with Crippen LogP contribution in [0.4, 0.5) is 11.4 Å². The van der Waals surface area contributed by atoms with Crippen LogP contribution in [0.25, 0.3) is 10.8 Å². The van der Waals surface area contributed by atoms with E-state index in [-0.39, 0.29) is 18.2 Å². The van der Waals surface area contributed by atoms with Crippen LogP contribution in [0.3, 0.4) is 0 Å². The molecule has 0 heterocycles. The van der Waals surface area contributed by atoms with Crippen molar-refractivity contribution in [3.63, 3.8) is 0 Å². The van der Waals surface area contributed by atoms with Gasteiger partial charge in [0.05, 0.1) is 17.7 Å². The fourth-order valence-electron chi connectivity index (χ4n) is 3.51. The maximum Gasteiger partial charge on any atom is 0.257 e. The highest BCUT2D eigenvalue weighted by molar-refractivity contribution is 6.10. The van der Waals surface area contributed by atoms with Crippen LogP contribution < -0.4 is 10.6 Å². The largest absolute Gasteiger partial charge is 0.325 e. The SMILES string of the molecule is Cc1ccccc1NC(=O)c1ccccc1NC(=O)Cc1cccc2ccccc12. The molecule has 0 fully saturated rings. The molecular formula is C26H22N2O2. The van der Waals surface area contributed by atoms with E-state index in [4.69, 9.17) is 0 Å². The summed E-state index contributed by atoms with van der Waals surface area (Å²) >= 11 is 0. The van der Waals surface area contributed by atoms with Gasteiger partial charge in [0.2, 0.25) is 5.91 Å². The Labute approximate surface area is 175 Å². The molecule has 148 valence electrons. The van der Waals surface area contributed by atoms with Crippen molar-refractivity contribution in [2.24, 2.45) is 0 Å². The fourth-order valence-corrected chi connectivity index (χ4v) is 3.51. The van der Waals surface area contributed by atoms with E-state index in [1.807, 2.05) is 73.7 Å². The van der Waals surface area contributed by atoms with Crippen LogP contribution in [0.1, 0.15) is 21.5 Å².